The summed E-state index contributed by atoms with van der Waals surface area (Å²) < 4.78 is 0. The highest BCUT2D eigenvalue weighted by atomic mass is 14.7. The van der Waals surface area contributed by atoms with E-state index in [1.165, 1.54) is 57.8 Å². The van der Waals surface area contributed by atoms with Gasteiger partial charge in [-0.2, -0.15) is 0 Å². The quantitative estimate of drug-likeness (QED) is 0.740. The molecular formula is C19H35N. The van der Waals surface area contributed by atoms with Gasteiger partial charge in [0.2, 0.25) is 0 Å². The first kappa shape index (κ1) is 14.9. The van der Waals surface area contributed by atoms with Gasteiger partial charge in [-0.3, -0.25) is 0 Å². The molecule has 1 heteroatoms. The van der Waals surface area contributed by atoms with E-state index < -0.39 is 0 Å². The van der Waals surface area contributed by atoms with Crippen LogP contribution in [-0.4, -0.2) is 6.04 Å². The van der Waals surface area contributed by atoms with Crippen LogP contribution in [0.15, 0.2) is 0 Å². The van der Waals surface area contributed by atoms with Crippen molar-refractivity contribution in [2.24, 2.45) is 33.8 Å². The van der Waals surface area contributed by atoms with Crippen molar-refractivity contribution in [3.63, 3.8) is 0 Å². The summed E-state index contributed by atoms with van der Waals surface area (Å²) in [6, 6.07) is 0.429. The summed E-state index contributed by atoms with van der Waals surface area (Å²) >= 11 is 0. The Balaban J connectivity index is 1.75. The second kappa shape index (κ2) is 4.73. The number of rotatable bonds is 5. The van der Waals surface area contributed by atoms with Crippen LogP contribution in [0.5, 0.6) is 0 Å². The molecule has 1 nitrogen and oxygen atoms in total. The third kappa shape index (κ3) is 2.56. The maximum Gasteiger partial charge on any atom is 0.00698 e. The number of hydrogen-bond acceptors (Lipinski definition) is 1. The fourth-order valence-corrected chi connectivity index (χ4v) is 7.28. The highest BCUT2D eigenvalue weighted by molar-refractivity contribution is 5.11. The normalized spacial score (nSPS) is 49.4. The van der Waals surface area contributed by atoms with Crippen LogP contribution in [0.4, 0.5) is 0 Å². The fraction of sp³-hybridized carbons (Fsp3) is 1.00. The molecule has 0 aromatic rings. The van der Waals surface area contributed by atoms with Crippen molar-refractivity contribution >= 4 is 0 Å². The third-order valence-corrected chi connectivity index (χ3v) is 6.89. The van der Waals surface area contributed by atoms with Crippen LogP contribution < -0.4 is 5.73 Å². The molecule has 4 fully saturated rings. The minimum atomic E-state index is 0.429. The van der Waals surface area contributed by atoms with Gasteiger partial charge in [0, 0.05) is 6.04 Å². The Bertz CT molecular complexity index is 356. The van der Waals surface area contributed by atoms with Gasteiger partial charge >= 0.3 is 0 Å². The maximum absolute atomic E-state index is 6.61. The molecule has 2 N–H and O–H groups in total. The molecule has 4 saturated carbocycles. The van der Waals surface area contributed by atoms with Crippen LogP contribution >= 0.6 is 0 Å². The van der Waals surface area contributed by atoms with Crippen LogP contribution in [0.3, 0.4) is 0 Å². The molecule has 0 spiro atoms. The molecule has 0 amide bonds. The van der Waals surface area contributed by atoms with E-state index in [0.717, 1.165) is 5.92 Å². The molecule has 0 saturated heterocycles. The Kier molecular flexibility index (Phi) is 3.52. The summed E-state index contributed by atoms with van der Waals surface area (Å²) in [4.78, 5) is 0. The van der Waals surface area contributed by atoms with E-state index in [0.29, 0.717) is 28.2 Å². The lowest BCUT2D eigenvalue weighted by atomic mass is 9.39. The molecule has 4 atom stereocenters. The van der Waals surface area contributed by atoms with Crippen molar-refractivity contribution in [2.45, 2.75) is 91.5 Å². The zero-order chi connectivity index (χ0) is 14.6. The minimum Gasteiger partial charge on any atom is -0.327 e. The first-order valence-electron chi connectivity index (χ1n) is 9.03. The largest absolute Gasteiger partial charge is 0.327 e. The van der Waals surface area contributed by atoms with Crippen molar-refractivity contribution in [1.82, 2.24) is 0 Å². The SMILES string of the molecule is CCCC(C)C(N)CC12CC3CC(C)(CC(C)(C3)C1)C2. The van der Waals surface area contributed by atoms with Crippen LogP contribution in [0, 0.1) is 28.1 Å². The standard InChI is InChI=1S/C19H35N/c1-5-6-14(2)16(20)10-19-9-15-7-17(3,12-19)11-18(4,8-15)13-19/h14-16H,5-13,20H2,1-4H3. The highest BCUT2D eigenvalue weighted by Gasteiger charge is 2.60. The zero-order valence-corrected chi connectivity index (χ0v) is 14.2. The molecule has 0 aromatic heterocycles. The number of hydrogen-bond donors (Lipinski definition) is 1. The van der Waals surface area contributed by atoms with Gasteiger partial charge in [0.25, 0.3) is 0 Å². The van der Waals surface area contributed by atoms with Crippen molar-refractivity contribution in [2.75, 3.05) is 0 Å². The average molecular weight is 277 g/mol. The van der Waals surface area contributed by atoms with Gasteiger partial charge in [-0.25, -0.2) is 0 Å². The van der Waals surface area contributed by atoms with E-state index in [-0.39, 0.29) is 0 Å². The average Bonchev–Trinajstić information content (AvgIpc) is 2.23. The second-order valence-electron chi connectivity index (χ2n) is 9.76. The summed E-state index contributed by atoms with van der Waals surface area (Å²) in [6.07, 6.45) is 12.8. The zero-order valence-electron chi connectivity index (χ0n) is 14.2. The van der Waals surface area contributed by atoms with E-state index in [2.05, 4.69) is 27.7 Å². The van der Waals surface area contributed by atoms with Gasteiger partial charge in [-0.1, -0.05) is 34.1 Å². The van der Waals surface area contributed by atoms with E-state index >= 15 is 0 Å². The van der Waals surface area contributed by atoms with Gasteiger partial charge in [0.1, 0.15) is 0 Å². The molecule has 4 unspecified atom stereocenters. The van der Waals surface area contributed by atoms with Crippen molar-refractivity contribution in [3.05, 3.63) is 0 Å². The smallest absolute Gasteiger partial charge is 0.00698 e. The summed E-state index contributed by atoms with van der Waals surface area (Å²) in [6.45, 7) is 9.81. The third-order valence-electron chi connectivity index (χ3n) is 6.89. The first-order valence-corrected chi connectivity index (χ1v) is 9.03. The Morgan fingerprint density at radius 3 is 2.15 bits per heavy atom. The van der Waals surface area contributed by atoms with Gasteiger partial charge in [0.15, 0.2) is 0 Å². The van der Waals surface area contributed by atoms with Crippen LogP contribution in [0.2, 0.25) is 0 Å². The highest BCUT2D eigenvalue weighted by Crippen LogP contribution is 2.70. The van der Waals surface area contributed by atoms with E-state index in [4.69, 9.17) is 5.73 Å². The fourth-order valence-electron chi connectivity index (χ4n) is 7.28. The van der Waals surface area contributed by atoms with E-state index in [1.807, 2.05) is 0 Å². The van der Waals surface area contributed by atoms with Gasteiger partial charge in [-0.15, -0.1) is 0 Å². The van der Waals surface area contributed by atoms with Gasteiger partial charge in [0.05, 0.1) is 0 Å². The molecule has 4 aliphatic rings. The molecule has 4 bridgehead atoms. The van der Waals surface area contributed by atoms with Crippen LogP contribution in [0.25, 0.3) is 0 Å². The summed E-state index contributed by atoms with van der Waals surface area (Å²) in [5.74, 6) is 1.71. The molecule has 20 heavy (non-hydrogen) atoms. The minimum absolute atomic E-state index is 0.429. The molecule has 4 rings (SSSR count). The Morgan fingerprint density at radius 1 is 1.05 bits per heavy atom. The Labute approximate surface area is 126 Å². The molecule has 0 heterocycles. The number of nitrogens with two attached hydrogens (primary N) is 1. The lowest BCUT2D eigenvalue weighted by molar-refractivity contribution is -0.150. The van der Waals surface area contributed by atoms with Crippen molar-refractivity contribution < 1.29 is 0 Å². The molecule has 0 aromatic carbocycles. The predicted octanol–water partition coefficient (Wildman–Crippen LogP) is 5.14. The predicted molar refractivity (Wildman–Crippen MR) is 86.5 cm³/mol. The van der Waals surface area contributed by atoms with E-state index in [9.17, 15) is 0 Å². The Hall–Kier alpha value is -0.0400. The molecular weight excluding hydrogens is 242 g/mol. The second-order valence-corrected chi connectivity index (χ2v) is 9.76. The monoisotopic (exact) mass is 277 g/mol. The molecule has 0 aliphatic heterocycles. The summed E-state index contributed by atoms with van der Waals surface area (Å²) in [7, 11) is 0. The van der Waals surface area contributed by atoms with Crippen LogP contribution in [-0.2, 0) is 0 Å². The van der Waals surface area contributed by atoms with Crippen LogP contribution in [0.1, 0.15) is 85.5 Å². The topological polar surface area (TPSA) is 26.0 Å². The molecule has 116 valence electrons. The summed E-state index contributed by atoms with van der Waals surface area (Å²) in [5, 5.41) is 0. The lowest BCUT2D eigenvalue weighted by Crippen LogP contribution is -2.56. The summed E-state index contributed by atoms with van der Waals surface area (Å²) in [5.41, 5.74) is 8.49. The molecule has 4 aliphatic carbocycles. The maximum atomic E-state index is 6.61. The Morgan fingerprint density at radius 2 is 1.65 bits per heavy atom. The lowest BCUT2D eigenvalue weighted by Gasteiger charge is -2.66. The van der Waals surface area contributed by atoms with E-state index in [1.54, 1.807) is 0 Å². The first-order chi connectivity index (χ1) is 9.27. The van der Waals surface area contributed by atoms with Gasteiger partial charge < -0.3 is 5.73 Å². The van der Waals surface area contributed by atoms with Crippen molar-refractivity contribution in [1.29, 1.82) is 0 Å². The molecule has 0 radical (unpaired) electrons. The van der Waals surface area contributed by atoms with Gasteiger partial charge in [-0.05, 0) is 79.4 Å². The van der Waals surface area contributed by atoms with Crippen molar-refractivity contribution in [3.8, 4) is 0 Å².